The molecule has 0 atom stereocenters. The van der Waals surface area contributed by atoms with Gasteiger partial charge in [-0.1, -0.05) is 18.2 Å². The molecular weight excluding hydrogens is 424 g/mol. The molecule has 2 aromatic rings. The van der Waals surface area contributed by atoms with Crippen LogP contribution in [0.3, 0.4) is 0 Å². The minimum Gasteiger partial charge on any atom is -0.490 e. The second kappa shape index (κ2) is 11.9. The summed E-state index contributed by atoms with van der Waals surface area (Å²) < 4.78 is 16.2. The van der Waals surface area contributed by atoms with Crippen LogP contribution in [0.15, 0.2) is 48.5 Å². The molecule has 3 rings (SSSR count). The Kier molecular flexibility index (Phi) is 8.69. The third-order valence-corrected chi connectivity index (χ3v) is 5.38. The maximum atomic E-state index is 12.6. The molecule has 1 heterocycles. The Hall–Kier alpha value is -3.55. The SMILES string of the molecule is CCOc1ccccc1OCC(=O)N1CCC(CNC(=O)c2cccc(OC(C)=O)c2)CC1. The van der Waals surface area contributed by atoms with Crippen molar-refractivity contribution in [1.82, 2.24) is 10.2 Å². The van der Waals surface area contributed by atoms with Gasteiger partial charge in [-0.15, -0.1) is 0 Å². The standard InChI is InChI=1S/C25H30N2O6/c1-3-31-22-9-4-5-10-23(22)32-17-24(29)27-13-11-19(12-14-27)16-26-25(30)20-7-6-8-21(15-20)33-18(2)28/h4-10,15,19H,3,11-14,16-17H2,1-2H3,(H,26,30). The molecule has 0 spiro atoms. The summed E-state index contributed by atoms with van der Waals surface area (Å²) in [5, 5.41) is 2.94. The first-order valence-corrected chi connectivity index (χ1v) is 11.1. The molecule has 1 N–H and O–H groups in total. The number of ether oxygens (including phenoxy) is 3. The summed E-state index contributed by atoms with van der Waals surface area (Å²) in [7, 11) is 0. The molecule has 1 aliphatic heterocycles. The second-order valence-corrected chi connectivity index (χ2v) is 7.82. The molecule has 0 radical (unpaired) electrons. The Balaban J connectivity index is 1.41. The zero-order valence-corrected chi connectivity index (χ0v) is 19.0. The molecule has 2 aromatic carbocycles. The number of carbonyl (C=O) groups excluding carboxylic acids is 3. The average molecular weight is 455 g/mol. The number of hydrogen-bond donors (Lipinski definition) is 1. The van der Waals surface area contributed by atoms with Gasteiger partial charge in [0.25, 0.3) is 11.8 Å². The summed E-state index contributed by atoms with van der Waals surface area (Å²) in [6, 6.07) is 13.8. The van der Waals surface area contributed by atoms with E-state index < -0.39 is 5.97 Å². The second-order valence-electron chi connectivity index (χ2n) is 7.82. The van der Waals surface area contributed by atoms with E-state index in [1.807, 2.05) is 25.1 Å². The summed E-state index contributed by atoms with van der Waals surface area (Å²) in [5.41, 5.74) is 0.436. The quantitative estimate of drug-likeness (QED) is 0.462. The van der Waals surface area contributed by atoms with Gasteiger partial charge in [-0.2, -0.15) is 0 Å². The monoisotopic (exact) mass is 454 g/mol. The summed E-state index contributed by atoms with van der Waals surface area (Å²) in [6.45, 7) is 5.47. The topological polar surface area (TPSA) is 94.2 Å². The van der Waals surface area contributed by atoms with Crippen LogP contribution in [0.2, 0.25) is 0 Å². The Morgan fingerprint density at radius 2 is 1.70 bits per heavy atom. The lowest BCUT2D eigenvalue weighted by atomic mass is 9.96. The van der Waals surface area contributed by atoms with Crippen molar-refractivity contribution in [3.63, 3.8) is 0 Å². The molecule has 0 bridgehead atoms. The highest BCUT2D eigenvalue weighted by atomic mass is 16.5. The van der Waals surface area contributed by atoms with E-state index in [0.717, 1.165) is 12.8 Å². The molecule has 8 nitrogen and oxygen atoms in total. The molecule has 1 saturated heterocycles. The van der Waals surface area contributed by atoms with E-state index in [1.165, 1.54) is 6.92 Å². The zero-order valence-electron chi connectivity index (χ0n) is 19.0. The lowest BCUT2D eigenvalue weighted by Crippen LogP contribution is -2.43. The highest BCUT2D eigenvalue weighted by Gasteiger charge is 2.24. The number of para-hydroxylation sites is 2. The summed E-state index contributed by atoms with van der Waals surface area (Å²) in [5.74, 6) is 1.10. The van der Waals surface area contributed by atoms with E-state index in [2.05, 4.69) is 5.32 Å². The molecule has 8 heteroatoms. The van der Waals surface area contributed by atoms with E-state index in [-0.39, 0.29) is 24.3 Å². The summed E-state index contributed by atoms with van der Waals surface area (Å²) in [6.07, 6.45) is 1.60. The van der Waals surface area contributed by atoms with Crippen molar-refractivity contribution in [2.75, 3.05) is 32.8 Å². The Bertz CT molecular complexity index is 969. The van der Waals surface area contributed by atoms with Crippen molar-refractivity contribution in [3.05, 3.63) is 54.1 Å². The number of esters is 1. The lowest BCUT2D eigenvalue weighted by Gasteiger charge is -2.32. The van der Waals surface area contributed by atoms with Gasteiger partial charge in [-0.3, -0.25) is 14.4 Å². The highest BCUT2D eigenvalue weighted by molar-refractivity contribution is 5.94. The molecule has 1 aliphatic rings. The summed E-state index contributed by atoms with van der Waals surface area (Å²) in [4.78, 5) is 37.9. The van der Waals surface area contributed by atoms with E-state index in [4.69, 9.17) is 14.2 Å². The van der Waals surface area contributed by atoms with E-state index in [0.29, 0.717) is 49.1 Å². The number of carbonyl (C=O) groups is 3. The van der Waals surface area contributed by atoms with Crippen LogP contribution >= 0.6 is 0 Å². The fraction of sp³-hybridized carbons (Fsp3) is 0.400. The number of nitrogens with one attached hydrogen (secondary N) is 1. The van der Waals surface area contributed by atoms with Gasteiger partial charge in [0.1, 0.15) is 5.75 Å². The number of amides is 2. The third-order valence-electron chi connectivity index (χ3n) is 5.38. The minimum atomic E-state index is -0.433. The molecule has 1 fully saturated rings. The van der Waals surface area contributed by atoms with Gasteiger partial charge in [-0.25, -0.2) is 0 Å². The van der Waals surface area contributed by atoms with Gasteiger partial charge in [0.15, 0.2) is 18.1 Å². The third kappa shape index (κ3) is 7.24. The molecule has 2 amide bonds. The van der Waals surface area contributed by atoms with Crippen LogP contribution in [-0.4, -0.2) is 55.5 Å². The fourth-order valence-corrected chi connectivity index (χ4v) is 3.67. The van der Waals surface area contributed by atoms with Gasteiger partial charge in [0.05, 0.1) is 6.61 Å². The van der Waals surface area contributed by atoms with Crippen LogP contribution in [0.1, 0.15) is 37.0 Å². The zero-order chi connectivity index (χ0) is 23.6. The predicted octanol–water partition coefficient (Wildman–Crippen LogP) is 3.06. The first kappa shape index (κ1) is 24.1. The van der Waals surface area contributed by atoms with Crippen LogP contribution in [0.25, 0.3) is 0 Å². The molecule has 176 valence electrons. The lowest BCUT2D eigenvalue weighted by molar-refractivity contribution is -0.135. The van der Waals surface area contributed by atoms with Gasteiger partial charge >= 0.3 is 5.97 Å². The Morgan fingerprint density at radius 1 is 1.00 bits per heavy atom. The average Bonchev–Trinajstić information content (AvgIpc) is 2.82. The van der Waals surface area contributed by atoms with Crippen LogP contribution in [0, 0.1) is 5.92 Å². The summed E-state index contributed by atoms with van der Waals surface area (Å²) >= 11 is 0. The first-order valence-electron chi connectivity index (χ1n) is 11.1. The minimum absolute atomic E-state index is 0.0375. The van der Waals surface area contributed by atoms with Crippen molar-refractivity contribution in [2.24, 2.45) is 5.92 Å². The number of rotatable bonds is 9. The van der Waals surface area contributed by atoms with Gasteiger partial charge in [0.2, 0.25) is 0 Å². The van der Waals surface area contributed by atoms with E-state index in [1.54, 1.807) is 35.2 Å². The first-order chi connectivity index (χ1) is 16.0. The normalized spacial score (nSPS) is 13.8. The van der Waals surface area contributed by atoms with Crippen LogP contribution in [0.5, 0.6) is 17.2 Å². The van der Waals surface area contributed by atoms with Crippen molar-refractivity contribution in [3.8, 4) is 17.2 Å². The van der Waals surface area contributed by atoms with Crippen molar-refractivity contribution >= 4 is 17.8 Å². The van der Waals surface area contributed by atoms with Crippen molar-refractivity contribution in [1.29, 1.82) is 0 Å². The van der Waals surface area contributed by atoms with Gasteiger partial charge < -0.3 is 24.4 Å². The number of nitrogens with zero attached hydrogens (tertiary/aromatic N) is 1. The molecule has 0 aromatic heterocycles. The highest BCUT2D eigenvalue weighted by Crippen LogP contribution is 2.26. The van der Waals surface area contributed by atoms with Crippen LogP contribution < -0.4 is 19.5 Å². The largest absolute Gasteiger partial charge is 0.490 e. The molecule has 0 aliphatic carbocycles. The Labute approximate surface area is 193 Å². The molecule has 33 heavy (non-hydrogen) atoms. The van der Waals surface area contributed by atoms with Crippen molar-refractivity contribution < 1.29 is 28.6 Å². The van der Waals surface area contributed by atoms with Crippen LogP contribution in [-0.2, 0) is 9.59 Å². The molecular formula is C25H30N2O6. The fourth-order valence-electron chi connectivity index (χ4n) is 3.67. The molecule has 0 unspecified atom stereocenters. The predicted molar refractivity (Wildman–Crippen MR) is 122 cm³/mol. The van der Waals surface area contributed by atoms with Gasteiger partial charge in [-0.05, 0) is 56.0 Å². The van der Waals surface area contributed by atoms with Gasteiger partial charge in [0, 0.05) is 32.1 Å². The number of hydrogen-bond acceptors (Lipinski definition) is 6. The number of likely N-dealkylation sites (tertiary alicyclic amines) is 1. The van der Waals surface area contributed by atoms with E-state index in [9.17, 15) is 14.4 Å². The number of piperidine rings is 1. The number of benzene rings is 2. The maximum Gasteiger partial charge on any atom is 0.308 e. The Morgan fingerprint density at radius 3 is 2.36 bits per heavy atom. The smallest absolute Gasteiger partial charge is 0.308 e. The maximum absolute atomic E-state index is 12.6. The molecule has 0 saturated carbocycles. The van der Waals surface area contributed by atoms with Crippen molar-refractivity contribution in [2.45, 2.75) is 26.7 Å². The van der Waals surface area contributed by atoms with Crippen LogP contribution in [0.4, 0.5) is 0 Å². The van der Waals surface area contributed by atoms with E-state index >= 15 is 0 Å².